The number of rotatable bonds is 2. The normalized spacial score (nSPS) is 10.9. The van der Waals surface area contributed by atoms with E-state index in [0.717, 1.165) is 5.01 Å². The Labute approximate surface area is 91.8 Å². The third-order valence-electron chi connectivity index (χ3n) is 2.04. The summed E-state index contributed by atoms with van der Waals surface area (Å²) in [7, 11) is 0. The second-order valence-electron chi connectivity index (χ2n) is 3.58. The minimum atomic E-state index is -0.246. The number of halogens is 1. The van der Waals surface area contributed by atoms with Crippen LogP contribution in [0.25, 0.3) is 10.6 Å². The molecule has 78 valence electrons. The molecule has 0 radical (unpaired) electrons. The van der Waals surface area contributed by atoms with E-state index in [1.165, 1.54) is 17.4 Å². The van der Waals surface area contributed by atoms with E-state index in [0.29, 0.717) is 16.5 Å². The van der Waals surface area contributed by atoms with Gasteiger partial charge < -0.3 is 0 Å². The van der Waals surface area contributed by atoms with Crippen molar-refractivity contribution in [3.8, 4) is 10.6 Å². The molecule has 0 spiro atoms. The summed E-state index contributed by atoms with van der Waals surface area (Å²) in [6, 6.07) is 6.63. The molecule has 2 rings (SSSR count). The van der Waals surface area contributed by atoms with Crippen LogP contribution in [0.15, 0.2) is 24.3 Å². The van der Waals surface area contributed by atoms with Gasteiger partial charge in [-0.15, -0.1) is 10.2 Å². The molecule has 1 heterocycles. The van der Waals surface area contributed by atoms with Crippen LogP contribution in [0.3, 0.4) is 0 Å². The number of nitrogens with zero attached hydrogens (tertiary/aromatic N) is 2. The summed E-state index contributed by atoms with van der Waals surface area (Å²) in [4.78, 5) is 0. The van der Waals surface area contributed by atoms with Crippen molar-refractivity contribution in [2.45, 2.75) is 19.8 Å². The Morgan fingerprint density at radius 2 is 1.93 bits per heavy atom. The molecule has 0 aliphatic rings. The summed E-state index contributed by atoms with van der Waals surface area (Å²) in [6.45, 7) is 4.09. The van der Waals surface area contributed by atoms with E-state index in [1.54, 1.807) is 18.2 Å². The van der Waals surface area contributed by atoms with Crippen LogP contribution in [0.5, 0.6) is 0 Å². The molecule has 4 heteroatoms. The first-order valence-electron chi connectivity index (χ1n) is 4.77. The van der Waals surface area contributed by atoms with Gasteiger partial charge in [-0.3, -0.25) is 0 Å². The number of benzene rings is 1. The molecule has 0 aliphatic heterocycles. The van der Waals surface area contributed by atoms with Crippen LogP contribution in [0, 0.1) is 5.82 Å². The molecule has 2 nitrogen and oxygen atoms in total. The fourth-order valence-electron chi connectivity index (χ4n) is 1.21. The Kier molecular flexibility index (Phi) is 2.77. The maximum atomic E-state index is 13.4. The molecule has 0 N–H and O–H groups in total. The molecular formula is C11H11FN2S. The van der Waals surface area contributed by atoms with Crippen LogP contribution >= 0.6 is 11.3 Å². The lowest BCUT2D eigenvalue weighted by atomic mass is 10.2. The second-order valence-corrected chi connectivity index (χ2v) is 4.59. The highest BCUT2D eigenvalue weighted by Gasteiger charge is 2.11. The highest BCUT2D eigenvalue weighted by Crippen LogP contribution is 2.28. The summed E-state index contributed by atoms with van der Waals surface area (Å²) >= 11 is 1.45. The quantitative estimate of drug-likeness (QED) is 0.777. The second kappa shape index (κ2) is 4.06. The lowest BCUT2D eigenvalue weighted by Crippen LogP contribution is -1.84. The lowest BCUT2D eigenvalue weighted by Gasteiger charge is -1.96. The molecule has 0 bridgehead atoms. The molecule has 0 atom stereocenters. The molecule has 0 aliphatic carbocycles. The van der Waals surface area contributed by atoms with Gasteiger partial charge in [-0.1, -0.05) is 37.3 Å². The summed E-state index contributed by atoms with van der Waals surface area (Å²) in [6.07, 6.45) is 0. The van der Waals surface area contributed by atoms with Crippen molar-refractivity contribution < 1.29 is 4.39 Å². The van der Waals surface area contributed by atoms with Gasteiger partial charge in [0.2, 0.25) is 0 Å². The molecule has 15 heavy (non-hydrogen) atoms. The van der Waals surface area contributed by atoms with Crippen molar-refractivity contribution in [2.24, 2.45) is 0 Å². The van der Waals surface area contributed by atoms with Crippen molar-refractivity contribution in [1.29, 1.82) is 0 Å². The molecule has 0 saturated carbocycles. The largest absolute Gasteiger partial charge is 0.206 e. The average molecular weight is 222 g/mol. The van der Waals surface area contributed by atoms with Gasteiger partial charge in [-0.2, -0.15) is 0 Å². The van der Waals surface area contributed by atoms with Crippen molar-refractivity contribution in [1.82, 2.24) is 10.2 Å². The van der Waals surface area contributed by atoms with Gasteiger partial charge in [-0.25, -0.2) is 4.39 Å². The van der Waals surface area contributed by atoms with Gasteiger partial charge in [0.15, 0.2) is 5.01 Å². The van der Waals surface area contributed by atoms with Crippen LogP contribution in [0.2, 0.25) is 0 Å². The first-order valence-corrected chi connectivity index (χ1v) is 5.58. The summed E-state index contributed by atoms with van der Waals surface area (Å²) in [5.41, 5.74) is 0.530. The number of hydrogen-bond donors (Lipinski definition) is 0. The smallest absolute Gasteiger partial charge is 0.150 e. The van der Waals surface area contributed by atoms with E-state index in [1.807, 2.05) is 13.8 Å². The molecule has 0 unspecified atom stereocenters. The van der Waals surface area contributed by atoms with E-state index in [4.69, 9.17) is 0 Å². The maximum absolute atomic E-state index is 13.4. The van der Waals surface area contributed by atoms with Crippen LogP contribution in [-0.4, -0.2) is 10.2 Å². The Balaban J connectivity index is 2.42. The topological polar surface area (TPSA) is 25.8 Å². The van der Waals surface area contributed by atoms with Crippen molar-refractivity contribution in [3.63, 3.8) is 0 Å². The minimum Gasteiger partial charge on any atom is -0.206 e. The van der Waals surface area contributed by atoms with Crippen LogP contribution in [0.4, 0.5) is 4.39 Å². The number of hydrogen-bond acceptors (Lipinski definition) is 3. The fourth-order valence-corrected chi connectivity index (χ4v) is 2.08. The van der Waals surface area contributed by atoms with E-state index >= 15 is 0 Å². The van der Waals surface area contributed by atoms with Gasteiger partial charge in [0.1, 0.15) is 10.8 Å². The predicted molar refractivity (Wildman–Crippen MR) is 59.4 cm³/mol. The molecule has 1 aromatic carbocycles. The minimum absolute atomic E-state index is 0.246. The third kappa shape index (κ3) is 2.04. The SMILES string of the molecule is CC(C)c1nnc(-c2ccccc2F)s1. The monoisotopic (exact) mass is 222 g/mol. The highest BCUT2D eigenvalue weighted by molar-refractivity contribution is 7.14. The Morgan fingerprint density at radius 3 is 2.53 bits per heavy atom. The Morgan fingerprint density at radius 1 is 1.20 bits per heavy atom. The predicted octanol–water partition coefficient (Wildman–Crippen LogP) is 3.47. The Hall–Kier alpha value is -1.29. The van der Waals surface area contributed by atoms with Gasteiger partial charge in [-0.05, 0) is 12.1 Å². The Bertz CT molecular complexity index is 465. The fraction of sp³-hybridized carbons (Fsp3) is 0.273. The number of aromatic nitrogens is 2. The van der Waals surface area contributed by atoms with Crippen molar-refractivity contribution in [2.75, 3.05) is 0 Å². The molecule has 0 amide bonds. The highest BCUT2D eigenvalue weighted by atomic mass is 32.1. The first kappa shape index (κ1) is 10.2. The molecule has 0 fully saturated rings. The molecule has 1 aromatic heterocycles. The summed E-state index contributed by atoms with van der Waals surface area (Å²) in [5.74, 6) is 0.0898. The summed E-state index contributed by atoms with van der Waals surface area (Å²) in [5, 5.41) is 9.62. The molecule has 0 saturated heterocycles. The van der Waals surface area contributed by atoms with Gasteiger partial charge in [0.05, 0.1) is 0 Å². The van der Waals surface area contributed by atoms with E-state index in [2.05, 4.69) is 10.2 Å². The zero-order chi connectivity index (χ0) is 10.8. The molecular weight excluding hydrogens is 211 g/mol. The van der Waals surface area contributed by atoms with Crippen LogP contribution in [-0.2, 0) is 0 Å². The lowest BCUT2D eigenvalue weighted by molar-refractivity contribution is 0.631. The van der Waals surface area contributed by atoms with Gasteiger partial charge >= 0.3 is 0 Å². The zero-order valence-electron chi connectivity index (χ0n) is 8.57. The van der Waals surface area contributed by atoms with Crippen LogP contribution < -0.4 is 0 Å². The van der Waals surface area contributed by atoms with Gasteiger partial charge in [0, 0.05) is 11.5 Å². The standard InChI is InChI=1S/C11H11FN2S/c1-7(2)10-13-14-11(15-10)8-5-3-4-6-9(8)12/h3-7H,1-2H3. The molecule has 2 aromatic rings. The third-order valence-corrected chi connectivity index (χ3v) is 3.30. The maximum Gasteiger partial charge on any atom is 0.150 e. The average Bonchev–Trinajstić information content (AvgIpc) is 2.67. The van der Waals surface area contributed by atoms with Crippen LogP contribution in [0.1, 0.15) is 24.8 Å². The van der Waals surface area contributed by atoms with E-state index in [9.17, 15) is 4.39 Å². The van der Waals surface area contributed by atoms with Crippen molar-refractivity contribution >= 4 is 11.3 Å². The van der Waals surface area contributed by atoms with Gasteiger partial charge in [0.25, 0.3) is 0 Å². The zero-order valence-corrected chi connectivity index (χ0v) is 9.38. The first-order chi connectivity index (χ1) is 7.18. The van der Waals surface area contributed by atoms with E-state index in [-0.39, 0.29) is 5.82 Å². The van der Waals surface area contributed by atoms with Crippen molar-refractivity contribution in [3.05, 3.63) is 35.1 Å². The van der Waals surface area contributed by atoms with E-state index < -0.39 is 0 Å². The summed E-state index contributed by atoms with van der Waals surface area (Å²) < 4.78 is 13.4.